The monoisotopic (exact) mass is 376 g/mol. The Kier molecular flexibility index (Phi) is 4.27. The fourth-order valence-corrected chi connectivity index (χ4v) is 3.53. The van der Waals surface area contributed by atoms with Gasteiger partial charge in [0.15, 0.2) is 0 Å². The van der Waals surface area contributed by atoms with Crippen LogP contribution in [0.2, 0.25) is 0 Å². The number of nitrogens with zero attached hydrogens (tertiary/aromatic N) is 2. The summed E-state index contributed by atoms with van der Waals surface area (Å²) < 4.78 is 12.8. The van der Waals surface area contributed by atoms with Crippen LogP contribution < -0.4 is 20.9 Å². The van der Waals surface area contributed by atoms with Gasteiger partial charge in [-0.1, -0.05) is 30.3 Å². The van der Waals surface area contributed by atoms with E-state index in [1.165, 1.54) is 0 Å². The van der Waals surface area contributed by atoms with Crippen LogP contribution in [0.1, 0.15) is 22.7 Å². The molecule has 0 bridgehead atoms. The van der Waals surface area contributed by atoms with Crippen LogP contribution in [0.3, 0.4) is 0 Å². The first-order valence-corrected chi connectivity index (χ1v) is 8.77. The average Bonchev–Trinajstić information content (AvgIpc) is 3.03. The molecule has 0 saturated heterocycles. The maximum absolute atomic E-state index is 12.2. The normalized spacial score (nSPS) is 15.7. The molecule has 0 unspecified atom stereocenters. The van der Waals surface area contributed by atoms with Gasteiger partial charge in [-0.25, -0.2) is 4.68 Å². The number of nitrogens with two attached hydrogens (primary N) is 2. The van der Waals surface area contributed by atoms with E-state index in [1.807, 2.05) is 61.5 Å². The van der Waals surface area contributed by atoms with E-state index >= 15 is 0 Å². The van der Waals surface area contributed by atoms with E-state index in [4.69, 9.17) is 20.9 Å². The highest BCUT2D eigenvalue weighted by Crippen LogP contribution is 2.44. The van der Waals surface area contributed by atoms with Gasteiger partial charge in [-0.3, -0.25) is 4.79 Å². The van der Waals surface area contributed by atoms with Crippen LogP contribution >= 0.6 is 0 Å². The maximum atomic E-state index is 12.2. The zero-order valence-corrected chi connectivity index (χ0v) is 15.5. The van der Waals surface area contributed by atoms with Crippen LogP contribution in [0.25, 0.3) is 5.69 Å². The lowest BCUT2D eigenvalue weighted by molar-refractivity contribution is -0.115. The summed E-state index contributed by atoms with van der Waals surface area (Å²) in [5.41, 5.74) is 15.2. The van der Waals surface area contributed by atoms with E-state index in [0.717, 1.165) is 22.5 Å². The molecule has 28 heavy (non-hydrogen) atoms. The molecule has 7 heteroatoms. The largest absolute Gasteiger partial charge is 0.497 e. The number of amides is 1. The third kappa shape index (κ3) is 2.77. The fourth-order valence-electron chi connectivity index (χ4n) is 3.53. The first kappa shape index (κ1) is 17.7. The number of hydrogen-bond acceptors (Lipinski definition) is 5. The van der Waals surface area contributed by atoms with Crippen LogP contribution in [0.15, 0.2) is 66.1 Å². The third-order valence-electron chi connectivity index (χ3n) is 4.83. The minimum atomic E-state index is -0.629. The standard InChI is InChI=1S/C21H20N4O3/c1-12-16-17(13-8-10-15(27-2)11-9-13)18(19(22)26)20(23)28-21(16)25(24-12)14-6-4-3-5-7-14/h3-11,17H,23H2,1-2H3,(H2,22,26)/t17-/m1/s1. The number of carbonyl (C=O) groups excluding carboxylic acids is 1. The van der Waals surface area contributed by atoms with Crippen molar-refractivity contribution >= 4 is 5.91 Å². The first-order chi connectivity index (χ1) is 13.5. The highest BCUT2D eigenvalue weighted by Gasteiger charge is 2.38. The molecule has 7 nitrogen and oxygen atoms in total. The molecule has 0 spiro atoms. The average molecular weight is 376 g/mol. The van der Waals surface area contributed by atoms with Crippen molar-refractivity contribution in [2.75, 3.05) is 7.11 Å². The Balaban J connectivity index is 1.94. The number of hydrogen-bond donors (Lipinski definition) is 2. The van der Waals surface area contributed by atoms with Crippen molar-refractivity contribution in [1.82, 2.24) is 9.78 Å². The van der Waals surface area contributed by atoms with Crippen molar-refractivity contribution < 1.29 is 14.3 Å². The van der Waals surface area contributed by atoms with Gasteiger partial charge in [-0.2, -0.15) is 5.10 Å². The van der Waals surface area contributed by atoms with Crippen molar-refractivity contribution in [3.8, 4) is 17.3 Å². The molecular formula is C21H20N4O3. The predicted molar refractivity (Wildman–Crippen MR) is 104 cm³/mol. The second-order valence-corrected chi connectivity index (χ2v) is 6.50. The molecule has 142 valence electrons. The minimum Gasteiger partial charge on any atom is -0.497 e. The summed E-state index contributed by atoms with van der Waals surface area (Å²) in [6.45, 7) is 1.87. The lowest BCUT2D eigenvalue weighted by Crippen LogP contribution is -2.30. The first-order valence-electron chi connectivity index (χ1n) is 8.77. The van der Waals surface area contributed by atoms with Crippen LogP contribution in [-0.2, 0) is 4.79 Å². The molecule has 1 aromatic heterocycles. The van der Waals surface area contributed by atoms with Crippen molar-refractivity contribution in [2.24, 2.45) is 11.5 Å². The number of rotatable bonds is 4. The van der Waals surface area contributed by atoms with E-state index < -0.39 is 11.8 Å². The number of para-hydroxylation sites is 1. The minimum absolute atomic E-state index is 0.0158. The summed E-state index contributed by atoms with van der Waals surface area (Å²) in [7, 11) is 1.60. The van der Waals surface area contributed by atoms with Gasteiger partial charge in [0, 0.05) is 0 Å². The molecule has 0 aliphatic carbocycles. The molecule has 1 atom stereocenters. The fraction of sp³-hybridized carbons (Fsp3) is 0.143. The van der Waals surface area contributed by atoms with Gasteiger partial charge in [0.2, 0.25) is 11.8 Å². The zero-order valence-electron chi connectivity index (χ0n) is 15.5. The molecule has 1 aliphatic rings. The van der Waals surface area contributed by atoms with Gasteiger partial charge in [0.25, 0.3) is 5.91 Å². The lowest BCUT2D eigenvalue weighted by Gasteiger charge is -2.26. The van der Waals surface area contributed by atoms with Crippen molar-refractivity contribution in [1.29, 1.82) is 0 Å². The van der Waals surface area contributed by atoms with Crippen LogP contribution in [0.5, 0.6) is 11.6 Å². The molecule has 4 rings (SSSR count). The van der Waals surface area contributed by atoms with Gasteiger partial charge >= 0.3 is 0 Å². The second kappa shape index (κ2) is 6.77. The van der Waals surface area contributed by atoms with E-state index in [1.54, 1.807) is 11.8 Å². The molecule has 0 radical (unpaired) electrons. The smallest absolute Gasteiger partial charge is 0.250 e. The summed E-state index contributed by atoms with van der Waals surface area (Å²) in [5, 5.41) is 4.63. The highest BCUT2D eigenvalue weighted by molar-refractivity contribution is 5.95. The number of ether oxygens (including phenoxy) is 2. The van der Waals surface area contributed by atoms with Gasteiger partial charge < -0.3 is 20.9 Å². The summed E-state index contributed by atoms with van der Waals surface area (Å²) in [4.78, 5) is 12.2. The number of aryl methyl sites for hydroxylation is 1. The molecule has 1 aliphatic heterocycles. The molecule has 2 aromatic carbocycles. The molecule has 1 amide bonds. The quantitative estimate of drug-likeness (QED) is 0.727. The Morgan fingerprint density at radius 2 is 1.82 bits per heavy atom. The molecule has 0 saturated carbocycles. The summed E-state index contributed by atoms with van der Waals surface area (Å²) in [5.74, 6) is 0.0654. The van der Waals surface area contributed by atoms with Crippen LogP contribution in [0.4, 0.5) is 0 Å². The SMILES string of the molecule is COc1ccc([C@H]2C(C(N)=O)=C(N)Oc3c2c(C)nn3-c2ccccc2)cc1. The summed E-state index contributed by atoms with van der Waals surface area (Å²) in [6, 6.07) is 17.0. The molecule has 2 heterocycles. The number of primary amides is 1. The molecule has 4 N–H and O–H groups in total. The van der Waals surface area contributed by atoms with Crippen molar-refractivity contribution in [2.45, 2.75) is 12.8 Å². The topological polar surface area (TPSA) is 105 Å². The number of carbonyl (C=O) groups is 1. The van der Waals surface area contributed by atoms with Crippen LogP contribution in [-0.4, -0.2) is 22.8 Å². The van der Waals surface area contributed by atoms with E-state index in [-0.39, 0.29) is 11.5 Å². The van der Waals surface area contributed by atoms with Gasteiger partial charge in [-0.05, 0) is 36.8 Å². The number of fused-ring (bicyclic) bond motifs is 1. The van der Waals surface area contributed by atoms with Crippen molar-refractivity contribution in [3.05, 3.63) is 82.9 Å². The van der Waals surface area contributed by atoms with Crippen molar-refractivity contribution in [3.63, 3.8) is 0 Å². The Bertz CT molecular complexity index is 1070. The second-order valence-electron chi connectivity index (χ2n) is 6.50. The van der Waals surface area contributed by atoms with E-state index in [9.17, 15) is 4.79 Å². The number of aromatic nitrogens is 2. The Morgan fingerprint density at radius 3 is 2.43 bits per heavy atom. The predicted octanol–water partition coefficient (Wildman–Crippen LogP) is 2.37. The maximum Gasteiger partial charge on any atom is 0.250 e. The Morgan fingerprint density at radius 1 is 1.14 bits per heavy atom. The molecule has 0 fully saturated rings. The van der Waals surface area contributed by atoms with E-state index in [0.29, 0.717) is 11.6 Å². The number of methoxy groups -OCH3 is 1. The summed E-state index contributed by atoms with van der Waals surface area (Å²) in [6.07, 6.45) is 0. The zero-order chi connectivity index (χ0) is 19.8. The third-order valence-corrected chi connectivity index (χ3v) is 4.83. The number of benzene rings is 2. The lowest BCUT2D eigenvalue weighted by atomic mass is 9.83. The Labute approximate surface area is 162 Å². The summed E-state index contributed by atoms with van der Waals surface area (Å²) >= 11 is 0. The molecule has 3 aromatic rings. The van der Waals surface area contributed by atoms with Gasteiger partial charge in [0.05, 0.1) is 35.5 Å². The van der Waals surface area contributed by atoms with Gasteiger partial charge in [0.1, 0.15) is 5.75 Å². The van der Waals surface area contributed by atoms with Gasteiger partial charge in [-0.15, -0.1) is 0 Å². The van der Waals surface area contributed by atoms with Crippen LogP contribution in [0, 0.1) is 6.92 Å². The highest BCUT2D eigenvalue weighted by atomic mass is 16.5. The Hall–Kier alpha value is -3.74. The molecular weight excluding hydrogens is 356 g/mol. The van der Waals surface area contributed by atoms with E-state index in [2.05, 4.69) is 5.10 Å².